The van der Waals surface area contributed by atoms with Gasteiger partial charge in [-0.1, -0.05) is 30.0 Å². The molecule has 0 amide bonds. The number of ether oxygens (including phenoxy) is 2. The van der Waals surface area contributed by atoms with Gasteiger partial charge in [-0.25, -0.2) is 15.0 Å². The number of benzene rings is 1. The molecule has 0 aliphatic carbocycles. The summed E-state index contributed by atoms with van der Waals surface area (Å²) in [7, 11) is 0. The second-order valence-corrected chi connectivity index (χ2v) is 7.71. The number of aromatic nitrogens is 4. The van der Waals surface area contributed by atoms with Gasteiger partial charge in [-0.05, 0) is 12.3 Å². The number of imidazole rings is 1. The van der Waals surface area contributed by atoms with Crippen molar-refractivity contribution >= 4 is 28.7 Å². The van der Waals surface area contributed by atoms with E-state index in [1.807, 2.05) is 18.4 Å². The summed E-state index contributed by atoms with van der Waals surface area (Å²) in [5.74, 6) is 0.980. The standard InChI is InChI=1S/C19H23N5O6S/c1-31-19-23-16(12-17(24-19)22-8-21-12)20-6-9-4-2-3-5-10(9)29-18-15(28)14(27)13(26)11(7-25)30-18/h2-5,8,11,13-15,18,25-28H,6-7H2,1H3,(H2,20,21,22,23,24)/t11-,13-,14+,15-,18-/m1/s1. The minimum absolute atomic E-state index is 0.326. The van der Waals surface area contributed by atoms with Gasteiger partial charge in [0.05, 0.1) is 12.9 Å². The first kappa shape index (κ1) is 21.7. The first-order valence-electron chi connectivity index (χ1n) is 9.56. The molecule has 3 heterocycles. The van der Waals surface area contributed by atoms with Crippen LogP contribution in [-0.4, -0.2) is 83.9 Å². The fourth-order valence-corrected chi connectivity index (χ4v) is 3.63. The summed E-state index contributed by atoms with van der Waals surface area (Å²) in [5, 5.41) is 43.3. The van der Waals surface area contributed by atoms with Crippen LogP contribution in [0.5, 0.6) is 5.75 Å². The summed E-state index contributed by atoms with van der Waals surface area (Å²) >= 11 is 1.40. The minimum atomic E-state index is -1.51. The molecule has 0 radical (unpaired) electrons. The van der Waals surface area contributed by atoms with Crippen molar-refractivity contribution in [3.8, 4) is 5.75 Å². The van der Waals surface area contributed by atoms with Gasteiger partial charge in [0, 0.05) is 12.1 Å². The van der Waals surface area contributed by atoms with Crippen LogP contribution >= 0.6 is 11.8 Å². The van der Waals surface area contributed by atoms with Gasteiger partial charge in [0.2, 0.25) is 6.29 Å². The van der Waals surface area contributed by atoms with Gasteiger partial charge in [-0.2, -0.15) is 0 Å². The van der Waals surface area contributed by atoms with E-state index in [1.165, 1.54) is 11.8 Å². The Balaban J connectivity index is 1.53. The maximum atomic E-state index is 10.2. The number of anilines is 1. The van der Waals surface area contributed by atoms with Crippen molar-refractivity contribution in [2.24, 2.45) is 0 Å². The van der Waals surface area contributed by atoms with Crippen molar-refractivity contribution in [1.82, 2.24) is 19.9 Å². The van der Waals surface area contributed by atoms with E-state index >= 15 is 0 Å². The van der Waals surface area contributed by atoms with E-state index in [1.54, 1.807) is 18.5 Å². The Kier molecular flexibility index (Phi) is 6.55. The number of aliphatic hydroxyl groups excluding tert-OH is 4. The Hall–Kier alpha value is -2.48. The lowest BCUT2D eigenvalue weighted by Gasteiger charge is -2.39. The van der Waals surface area contributed by atoms with Gasteiger partial charge in [-0.15, -0.1) is 0 Å². The lowest BCUT2D eigenvalue weighted by molar-refractivity contribution is -0.277. The molecular weight excluding hydrogens is 426 g/mol. The van der Waals surface area contributed by atoms with Crippen molar-refractivity contribution in [2.75, 3.05) is 18.2 Å². The number of hydrogen-bond donors (Lipinski definition) is 6. The van der Waals surface area contributed by atoms with Crippen LogP contribution in [0.1, 0.15) is 5.56 Å². The number of nitrogens with one attached hydrogen (secondary N) is 2. The number of fused-ring (bicyclic) bond motifs is 1. The van der Waals surface area contributed by atoms with E-state index in [0.717, 1.165) is 5.56 Å². The van der Waals surface area contributed by atoms with E-state index in [9.17, 15) is 20.4 Å². The van der Waals surface area contributed by atoms with Crippen LogP contribution in [0.15, 0.2) is 35.7 Å². The van der Waals surface area contributed by atoms with Gasteiger partial charge in [-0.3, -0.25) is 0 Å². The van der Waals surface area contributed by atoms with Crippen LogP contribution in [-0.2, 0) is 11.3 Å². The molecule has 5 atom stereocenters. The largest absolute Gasteiger partial charge is 0.462 e. The molecule has 2 aromatic heterocycles. The zero-order chi connectivity index (χ0) is 22.0. The Morgan fingerprint density at radius 3 is 2.74 bits per heavy atom. The van der Waals surface area contributed by atoms with Crippen LogP contribution in [0.2, 0.25) is 0 Å². The van der Waals surface area contributed by atoms with Gasteiger partial charge in [0.25, 0.3) is 0 Å². The van der Waals surface area contributed by atoms with E-state index in [4.69, 9.17) is 9.47 Å². The maximum absolute atomic E-state index is 10.2. The lowest BCUT2D eigenvalue weighted by atomic mass is 9.99. The molecule has 1 fully saturated rings. The molecule has 1 aliphatic rings. The lowest BCUT2D eigenvalue weighted by Crippen LogP contribution is -2.60. The molecule has 0 saturated carbocycles. The summed E-state index contributed by atoms with van der Waals surface area (Å²) in [6, 6.07) is 7.10. The van der Waals surface area contributed by atoms with Crippen LogP contribution in [0, 0.1) is 0 Å². The number of thioether (sulfide) groups is 1. The second-order valence-electron chi connectivity index (χ2n) is 6.94. The SMILES string of the molecule is CSc1nc(NCc2ccccc2O[C@@H]2O[C@H](CO)[C@@H](O)[C@H](O)[C@H]2O)c2[nH]cnc2n1. The Morgan fingerprint density at radius 1 is 1.16 bits per heavy atom. The number of para-hydroxylation sites is 1. The predicted octanol–water partition coefficient (Wildman–Crippen LogP) is -0.134. The number of aliphatic hydroxyl groups is 4. The number of rotatable bonds is 7. The molecule has 12 heteroatoms. The molecular formula is C19H23N5O6S. The molecule has 0 unspecified atom stereocenters. The Labute approximate surface area is 181 Å². The normalized spacial score (nSPS) is 26.2. The summed E-state index contributed by atoms with van der Waals surface area (Å²) in [6.07, 6.45) is -3.34. The third kappa shape index (κ3) is 4.44. The summed E-state index contributed by atoms with van der Waals surface area (Å²) in [4.78, 5) is 16.0. The highest BCUT2D eigenvalue weighted by molar-refractivity contribution is 7.98. The molecule has 31 heavy (non-hydrogen) atoms. The molecule has 1 aromatic carbocycles. The number of nitrogens with zero attached hydrogens (tertiary/aromatic N) is 3. The van der Waals surface area contributed by atoms with E-state index in [-0.39, 0.29) is 0 Å². The van der Waals surface area contributed by atoms with Gasteiger partial charge in [0.15, 0.2) is 16.6 Å². The van der Waals surface area contributed by atoms with Crippen LogP contribution in [0.25, 0.3) is 11.2 Å². The van der Waals surface area contributed by atoms with Gasteiger partial charge < -0.3 is 40.2 Å². The molecule has 0 bridgehead atoms. The summed E-state index contributed by atoms with van der Waals surface area (Å²) in [5.41, 5.74) is 1.95. The highest BCUT2D eigenvalue weighted by atomic mass is 32.2. The maximum Gasteiger partial charge on any atom is 0.229 e. The minimum Gasteiger partial charge on any atom is -0.462 e. The van der Waals surface area contributed by atoms with E-state index in [0.29, 0.717) is 34.4 Å². The summed E-state index contributed by atoms with van der Waals surface area (Å²) in [6.45, 7) is -0.202. The monoisotopic (exact) mass is 449 g/mol. The number of H-pyrrole nitrogens is 1. The summed E-state index contributed by atoms with van der Waals surface area (Å²) < 4.78 is 11.2. The zero-order valence-corrected chi connectivity index (χ0v) is 17.4. The van der Waals surface area contributed by atoms with Crippen LogP contribution in [0.4, 0.5) is 5.82 Å². The fourth-order valence-electron chi connectivity index (χ4n) is 3.27. The van der Waals surface area contributed by atoms with Gasteiger partial charge >= 0.3 is 0 Å². The first-order chi connectivity index (χ1) is 15.0. The molecule has 11 nitrogen and oxygen atoms in total. The highest BCUT2D eigenvalue weighted by Crippen LogP contribution is 2.28. The van der Waals surface area contributed by atoms with Crippen molar-refractivity contribution < 1.29 is 29.9 Å². The molecule has 1 saturated heterocycles. The zero-order valence-electron chi connectivity index (χ0n) is 16.5. The van der Waals surface area contributed by atoms with Crippen molar-refractivity contribution in [2.45, 2.75) is 42.4 Å². The molecule has 3 aromatic rings. The quantitative estimate of drug-likeness (QED) is 0.210. The third-order valence-electron chi connectivity index (χ3n) is 4.96. The Morgan fingerprint density at radius 2 is 1.97 bits per heavy atom. The van der Waals surface area contributed by atoms with Crippen molar-refractivity contribution in [3.63, 3.8) is 0 Å². The molecule has 166 valence electrons. The second kappa shape index (κ2) is 9.34. The smallest absolute Gasteiger partial charge is 0.229 e. The van der Waals surface area contributed by atoms with Crippen molar-refractivity contribution in [3.05, 3.63) is 36.2 Å². The molecule has 6 N–H and O–H groups in total. The molecule has 4 rings (SSSR count). The number of hydrogen-bond acceptors (Lipinski definition) is 11. The van der Waals surface area contributed by atoms with E-state index < -0.39 is 37.3 Å². The first-order valence-corrected chi connectivity index (χ1v) is 10.8. The van der Waals surface area contributed by atoms with Crippen LogP contribution in [0.3, 0.4) is 0 Å². The third-order valence-corrected chi connectivity index (χ3v) is 5.51. The molecule has 1 aliphatic heterocycles. The average molecular weight is 449 g/mol. The van der Waals surface area contributed by atoms with Crippen LogP contribution < -0.4 is 10.1 Å². The Bertz CT molecular complexity index is 1030. The molecule has 0 spiro atoms. The topological polar surface area (TPSA) is 166 Å². The van der Waals surface area contributed by atoms with E-state index in [2.05, 4.69) is 25.3 Å². The van der Waals surface area contributed by atoms with Gasteiger partial charge in [0.1, 0.15) is 35.7 Å². The predicted molar refractivity (Wildman–Crippen MR) is 112 cm³/mol. The highest BCUT2D eigenvalue weighted by Gasteiger charge is 2.44. The fraction of sp³-hybridized carbons (Fsp3) is 0.421. The number of aromatic amines is 1. The van der Waals surface area contributed by atoms with Crippen molar-refractivity contribution in [1.29, 1.82) is 0 Å². The average Bonchev–Trinajstić information content (AvgIpc) is 3.27.